The minimum atomic E-state index is -3.85. The number of halogens is 1. The first-order chi connectivity index (χ1) is 11.2. The largest absolute Gasteiger partial charge is 0.327 e. The lowest BCUT2D eigenvalue weighted by atomic mass is 10.1. The third kappa shape index (κ3) is 4.44. The monoisotopic (exact) mass is 379 g/mol. The van der Waals surface area contributed by atoms with Gasteiger partial charge in [0.05, 0.1) is 16.3 Å². The Morgan fingerprint density at radius 1 is 1.33 bits per heavy atom. The summed E-state index contributed by atoms with van der Waals surface area (Å²) in [6, 6.07) is 2.92. The summed E-state index contributed by atoms with van der Waals surface area (Å²) in [6.45, 7) is 2.21. The number of anilines is 1. The molecule has 0 amide bonds. The molecule has 0 saturated carbocycles. The minimum Gasteiger partial charge on any atom is -0.327 e. The zero-order valence-corrected chi connectivity index (χ0v) is 15.0. The second kappa shape index (κ2) is 7.34. The van der Waals surface area contributed by atoms with Gasteiger partial charge in [0.25, 0.3) is 0 Å². The van der Waals surface area contributed by atoms with Crippen molar-refractivity contribution in [3.8, 4) is 0 Å². The van der Waals surface area contributed by atoms with Crippen molar-refractivity contribution in [2.24, 2.45) is 5.73 Å². The van der Waals surface area contributed by atoms with E-state index in [9.17, 15) is 21.2 Å². The quantitative estimate of drug-likeness (QED) is 0.769. The molecule has 7 nitrogen and oxygen atoms in total. The molecule has 2 rings (SSSR count). The summed E-state index contributed by atoms with van der Waals surface area (Å²) < 4.78 is 66.0. The fourth-order valence-corrected chi connectivity index (χ4v) is 5.26. The van der Waals surface area contributed by atoms with E-state index in [1.165, 1.54) is 10.4 Å². The van der Waals surface area contributed by atoms with Crippen molar-refractivity contribution in [1.29, 1.82) is 0 Å². The molecule has 1 unspecified atom stereocenters. The van der Waals surface area contributed by atoms with Crippen LogP contribution >= 0.6 is 0 Å². The maximum atomic E-state index is 14.2. The van der Waals surface area contributed by atoms with Crippen LogP contribution in [0.25, 0.3) is 0 Å². The smallest absolute Gasteiger partial charge is 0.243 e. The number of hydrogen-bond donors (Lipinski definition) is 2. The maximum Gasteiger partial charge on any atom is 0.243 e. The number of sulfonamides is 2. The lowest BCUT2D eigenvalue weighted by molar-refractivity contribution is 0.316. The summed E-state index contributed by atoms with van der Waals surface area (Å²) in [4.78, 5) is -0.215. The molecule has 1 aromatic rings. The Morgan fingerprint density at radius 3 is 2.62 bits per heavy atom. The molecule has 0 aromatic heterocycles. The lowest BCUT2D eigenvalue weighted by Crippen LogP contribution is -2.45. The van der Waals surface area contributed by atoms with Gasteiger partial charge in [-0.25, -0.2) is 21.2 Å². The number of hydrogen-bond acceptors (Lipinski definition) is 5. The van der Waals surface area contributed by atoms with Crippen LogP contribution in [0.4, 0.5) is 10.1 Å². The van der Waals surface area contributed by atoms with Crippen molar-refractivity contribution in [2.45, 2.75) is 37.1 Å². The number of nitrogens with zero attached hydrogens (tertiary/aromatic N) is 1. The number of rotatable bonds is 6. The van der Waals surface area contributed by atoms with E-state index in [0.29, 0.717) is 19.4 Å². The van der Waals surface area contributed by atoms with E-state index in [1.807, 2.05) is 0 Å². The van der Waals surface area contributed by atoms with Crippen molar-refractivity contribution in [3.63, 3.8) is 0 Å². The predicted molar refractivity (Wildman–Crippen MR) is 90.1 cm³/mol. The number of piperidine rings is 1. The van der Waals surface area contributed by atoms with Crippen molar-refractivity contribution in [2.75, 3.05) is 23.6 Å². The molecule has 1 aliphatic rings. The molecule has 24 heavy (non-hydrogen) atoms. The van der Waals surface area contributed by atoms with E-state index in [4.69, 9.17) is 5.73 Å². The van der Waals surface area contributed by atoms with Crippen LogP contribution in [0.15, 0.2) is 23.1 Å². The van der Waals surface area contributed by atoms with Gasteiger partial charge in [-0.15, -0.1) is 0 Å². The maximum absolute atomic E-state index is 14.2. The highest BCUT2D eigenvalue weighted by Crippen LogP contribution is 2.24. The van der Waals surface area contributed by atoms with Crippen LogP contribution in [-0.2, 0) is 20.0 Å². The highest BCUT2D eigenvalue weighted by Gasteiger charge is 2.29. The van der Waals surface area contributed by atoms with Crippen molar-refractivity contribution in [3.05, 3.63) is 24.0 Å². The molecule has 10 heteroatoms. The predicted octanol–water partition coefficient (Wildman–Crippen LogP) is 1.09. The van der Waals surface area contributed by atoms with Crippen molar-refractivity contribution >= 4 is 25.7 Å². The average molecular weight is 379 g/mol. The van der Waals surface area contributed by atoms with Gasteiger partial charge >= 0.3 is 0 Å². The highest BCUT2D eigenvalue weighted by molar-refractivity contribution is 7.92. The van der Waals surface area contributed by atoms with Gasteiger partial charge in [0, 0.05) is 19.1 Å². The molecule has 0 spiro atoms. The molecule has 136 valence electrons. The van der Waals surface area contributed by atoms with Crippen LogP contribution in [0.5, 0.6) is 0 Å². The number of nitrogens with one attached hydrogen (secondary N) is 1. The third-order valence-electron chi connectivity index (χ3n) is 3.74. The number of nitrogens with two attached hydrogens (primary N) is 1. The van der Waals surface area contributed by atoms with Crippen molar-refractivity contribution in [1.82, 2.24) is 4.31 Å². The summed E-state index contributed by atoms with van der Waals surface area (Å²) in [5.41, 5.74) is 5.53. The van der Waals surface area contributed by atoms with Crippen LogP contribution in [0.3, 0.4) is 0 Å². The summed E-state index contributed by atoms with van der Waals surface area (Å²) in [7, 11) is -7.50. The molecule has 0 aliphatic carbocycles. The Bertz CT molecular complexity index is 796. The van der Waals surface area contributed by atoms with E-state index in [0.717, 1.165) is 18.6 Å². The normalized spacial score (nSPS) is 20.0. The molecule has 0 radical (unpaired) electrons. The van der Waals surface area contributed by atoms with Crippen molar-refractivity contribution < 1.29 is 21.2 Å². The van der Waals surface area contributed by atoms with Crippen LogP contribution < -0.4 is 10.5 Å². The topological polar surface area (TPSA) is 110 Å². The van der Waals surface area contributed by atoms with Gasteiger partial charge in [0.2, 0.25) is 20.0 Å². The first-order valence-electron chi connectivity index (χ1n) is 7.71. The lowest BCUT2D eigenvalue weighted by Gasteiger charge is -2.29. The molecule has 3 N–H and O–H groups in total. The first-order valence-corrected chi connectivity index (χ1v) is 10.8. The third-order valence-corrected chi connectivity index (χ3v) is 7.07. The van der Waals surface area contributed by atoms with Crippen LogP contribution in [0.2, 0.25) is 0 Å². The molecular weight excluding hydrogens is 357 g/mol. The fraction of sp³-hybridized carbons (Fsp3) is 0.571. The van der Waals surface area contributed by atoms with Crippen LogP contribution in [0, 0.1) is 5.82 Å². The van der Waals surface area contributed by atoms with Gasteiger partial charge in [0.15, 0.2) is 0 Å². The van der Waals surface area contributed by atoms with E-state index in [1.54, 1.807) is 6.92 Å². The summed E-state index contributed by atoms with van der Waals surface area (Å²) in [6.07, 6.45) is 1.79. The second-order valence-corrected chi connectivity index (χ2v) is 9.61. The first kappa shape index (κ1) is 19.1. The molecule has 1 fully saturated rings. The molecule has 1 aliphatic heterocycles. The standard InChI is InChI=1S/C14H22FN3O4S2/c1-2-8-23(19,20)17-14-6-5-12(9-13(14)15)24(21,22)18-7-3-4-11(16)10-18/h5-6,9,11,17H,2-4,7-8,10,16H2,1H3. The van der Waals surface area contributed by atoms with Gasteiger partial charge in [-0.3, -0.25) is 4.72 Å². The van der Waals surface area contributed by atoms with Crippen LogP contribution in [-0.4, -0.2) is 46.0 Å². The molecule has 1 saturated heterocycles. The second-order valence-electron chi connectivity index (χ2n) is 5.83. The zero-order chi connectivity index (χ0) is 18.0. The minimum absolute atomic E-state index is 0.141. The van der Waals surface area contributed by atoms with Crippen LogP contribution in [0.1, 0.15) is 26.2 Å². The van der Waals surface area contributed by atoms with E-state index in [-0.39, 0.29) is 28.9 Å². The summed E-state index contributed by atoms with van der Waals surface area (Å²) in [5, 5.41) is 0. The Balaban J connectivity index is 2.25. The Kier molecular flexibility index (Phi) is 5.84. The Labute approximate surface area is 142 Å². The van der Waals surface area contributed by atoms with Gasteiger partial charge in [-0.05, 0) is 37.5 Å². The fourth-order valence-electron chi connectivity index (χ4n) is 2.57. The van der Waals surface area contributed by atoms with E-state index >= 15 is 0 Å². The van der Waals surface area contributed by atoms with Gasteiger partial charge < -0.3 is 5.73 Å². The molecule has 0 bridgehead atoms. The van der Waals surface area contributed by atoms with Gasteiger partial charge in [-0.1, -0.05) is 6.92 Å². The Hall–Kier alpha value is -1.23. The molecule has 1 heterocycles. The molecule has 1 atom stereocenters. The summed E-state index contributed by atoms with van der Waals surface area (Å²) in [5.74, 6) is -1.07. The van der Waals surface area contributed by atoms with Gasteiger partial charge in [0.1, 0.15) is 5.82 Å². The summed E-state index contributed by atoms with van der Waals surface area (Å²) >= 11 is 0. The SMILES string of the molecule is CCCS(=O)(=O)Nc1ccc(S(=O)(=O)N2CCCC(N)C2)cc1F. The van der Waals surface area contributed by atoms with E-state index < -0.39 is 25.9 Å². The number of benzene rings is 1. The zero-order valence-electron chi connectivity index (χ0n) is 13.4. The Morgan fingerprint density at radius 2 is 2.04 bits per heavy atom. The van der Waals surface area contributed by atoms with Gasteiger partial charge in [-0.2, -0.15) is 4.31 Å². The molecule has 1 aromatic carbocycles. The molecular formula is C14H22FN3O4S2. The van der Waals surface area contributed by atoms with E-state index in [2.05, 4.69) is 4.72 Å². The average Bonchev–Trinajstić information content (AvgIpc) is 2.49. The highest BCUT2D eigenvalue weighted by atomic mass is 32.2.